The third-order valence-corrected chi connectivity index (χ3v) is 6.15. The molecule has 3 heterocycles. The standard InChI is InChI=1S/C22H31N5O/c1-17-20-16-27(14-11-21(20)25-24-17)22(28)23-12-10-19-9-5-6-13-26(19)15-18-7-3-2-4-8-18/h2-4,7-8,19H,5-6,9-16H2,1H3,(H,23,28)(H,24,25)/t19-/m0/s1. The van der Waals surface area contributed by atoms with E-state index >= 15 is 0 Å². The van der Waals surface area contributed by atoms with Crippen molar-refractivity contribution in [2.45, 2.75) is 58.2 Å². The maximum absolute atomic E-state index is 12.6. The van der Waals surface area contributed by atoms with E-state index in [0.717, 1.165) is 50.4 Å². The average molecular weight is 382 g/mol. The Balaban J connectivity index is 1.26. The van der Waals surface area contributed by atoms with Crippen LogP contribution in [0.5, 0.6) is 0 Å². The molecule has 6 heteroatoms. The summed E-state index contributed by atoms with van der Waals surface area (Å²) in [6.45, 7) is 6.33. The topological polar surface area (TPSA) is 64.3 Å². The Morgan fingerprint density at radius 3 is 2.96 bits per heavy atom. The molecule has 0 aliphatic carbocycles. The van der Waals surface area contributed by atoms with E-state index in [2.05, 4.69) is 50.7 Å². The zero-order chi connectivity index (χ0) is 19.3. The fraction of sp³-hybridized carbons (Fsp3) is 0.545. The van der Waals surface area contributed by atoms with Crippen LogP contribution in [0, 0.1) is 6.92 Å². The molecule has 0 bridgehead atoms. The molecule has 1 aromatic heterocycles. The fourth-order valence-corrected chi connectivity index (χ4v) is 4.47. The zero-order valence-electron chi connectivity index (χ0n) is 16.8. The van der Waals surface area contributed by atoms with Crippen molar-refractivity contribution in [1.82, 2.24) is 25.3 Å². The van der Waals surface area contributed by atoms with Crippen LogP contribution in [0.3, 0.4) is 0 Å². The number of aromatic amines is 1. The number of likely N-dealkylation sites (tertiary alicyclic amines) is 1. The summed E-state index contributed by atoms with van der Waals surface area (Å²) in [6, 6.07) is 11.3. The molecule has 1 atom stereocenters. The van der Waals surface area contributed by atoms with Crippen molar-refractivity contribution in [2.24, 2.45) is 0 Å². The molecule has 0 unspecified atom stereocenters. The number of carbonyl (C=O) groups excluding carboxylic acids is 1. The first-order valence-corrected chi connectivity index (χ1v) is 10.5. The maximum Gasteiger partial charge on any atom is 0.317 e. The lowest BCUT2D eigenvalue weighted by Crippen LogP contribution is -2.45. The Labute approximate surface area is 167 Å². The minimum Gasteiger partial charge on any atom is -0.338 e. The first-order valence-electron chi connectivity index (χ1n) is 10.5. The maximum atomic E-state index is 12.6. The van der Waals surface area contributed by atoms with Crippen molar-refractivity contribution in [3.05, 3.63) is 52.8 Å². The highest BCUT2D eigenvalue weighted by Gasteiger charge is 2.25. The van der Waals surface area contributed by atoms with Gasteiger partial charge >= 0.3 is 6.03 Å². The number of urea groups is 1. The summed E-state index contributed by atoms with van der Waals surface area (Å²) < 4.78 is 0. The number of hydrogen-bond acceptors (Lipinski definition) is 3. The van der Waals surface area contributed by atoms with Gasteiger partial charge in [-0.25, -0.2) is 4.79 Å². The molecule has 4 rings (SSSR count). The number of carbonyl (C=O) groups is 1. The number of benzene rings is 1. The second kappa shape index (κ2) is 8.78. The number of fused-ring (bicyclic) bond motifs is 1. The van der Waals surface area contributed by atoms with Gasteiger partial charge in [-0.3, -0.25) is 10.00 Å². The Morgan fingerprint density at radius 2 is 2.11 bits per heavy atom. The second-order valence-corrected chi connectivity index (χ2v) is 8.07. The average Bonchev–Trinajstić information content (AvgIpc) is 3.10. The van der Waals surface area contributed by atoms with Crippen molar-refractivity contribution in [2.75, 3.05) is 19.6 Å². The largest absolute Gasteiger partial charge is 0.338 e. The monoisotopic (exact) mass is 381 g/mol. The molecule has 1 fully saturated rings. The second-order valence-electron chi connectivity index (χ2n) is 8.07. The summed E-state index contributed by atoms with van der Waals surface area (Å²) in [7, 11) is 0. The van der Waals surface area contributed by atoms with Crippen molar-refractivity contribution in [1.29, 1.82) is 0 Å². The summed E-state index contributed by atoms with van der Waals surface area (Å²) in [5.41, 5.74) is 4.74. The van der Waals surface area contributed by atoms with Crippen LogP contribution in [0.25, 0.3) is 0 Å². The van der Waals surface area contributed by atoms with Gasteiger partial charge < -0.3 is 10.2 Å². The summed E-state index contributed by atoms with van der Waals surface area (Å²) in [5.74, 6) is 0. The Hall–Kier alpha value is -2.34. The summed E-state index contributed by atoms with van der Waals surface area (Å²) in [6.07, 6.45) is 5.64. The van der Waals surface area contributed by atoms with E-state index in [0.29, 0.717) is 12.6 Å². The Morgan fingerprint density at radius 1 is 1.25 bits per heavy atom. The van der Waals surface area contributed by atoms with Gasteiger partial charge in [0.2, 0.25) is 0 Å². The number of piperidine rings is 1. The van der Waals surface area contributed by atoms with Crippen LogP contribution in [-0.2, 0) is 19.5 Å². The third-order valence-electron chi connectivity index (χ3n) is 6.15. The van der Waals surface area contributed by atoms with E-state index in [4.69, 9.17) is 0 Å². The lowest BCUT2D eigenvalue weighted by Gasteiger charge is -2.36. The van der Waals surface area contributed by atoms with E-state index in [9.17, 15) is 4.79 Å². The molecule has 2 amide bonds. The van der Waals surface area contributed by atoms with E-state index in [1.54, 1.807) is 0 Å². The van der Waals surface area contributed by atoms with Gasteiger partial charge in [-0.05, 0) is 38.3 Å². The molecule has 28 heavy (non-hydrogen) atoms. The van der Waals surface area contributed by atoms with Gasteiger partial charge in [0.1, 0.15) is 0 Å². The van der Waals surface area contributed by atoms with E-state index in [1.165, 1.54) is 30.4 Å². The SMILES string of the molecule is Cc1[nH]nc2c1CN(C(=O)NCC[C@@H]1CCCCN1Cc1ccccc1)CC2. The minimum absolute atomic E-state index is 0.0525. The molecular weight excluding hydrogens is 350 g/mol. The number of hydrogen-bond donors (Lipinski definition) is 2. The molecular formula is C22H31N5O. The summed E-state index contributed by atoms with van der Waals surface area (Å²) in [5, 5.41) is 10.5. The van der Waals surface area contributed by atoms with Crippen LogP contribution >= 0.6 is 0 Å². The van der Waals surface area contributed by atoms with Gasteiger partial charge in [-0.2, -0.15) is 5.10 Å². The van der Waals surface area contributed by atoms with E-state index in [1.807, 2.05) is 11.8 Å². The number of H-pyrrole nitrogens is 1. The van der Waals surface area contributed by atoms with Gasteiger partial charge in [0.25, 0.3) is 0 Å². The van der Waals surface area contributed by atoms with Crippen LogP contribution in [0.1, 0.15) is 48.2 Å². The first-order chi connectivity index (χ1) is 13.7. The van der Waals surface area contributed by atoms with Crippen LogP contribution in [0.2, 0.25) is 0 Å². The van der Waals surface area contributed by atoms with Gasteiger partial charge in [-0.1, -0.05) is 36.8 Å². The van der Waals surface area contributed by atoms with Crippen LogP contribution in [-0.4, -0.2) is 51.7 Å². The number of aryl methyl sites for hydroxylation is 1. The van der Waals surface area contributed by atoms with Crippen molar-refractivity contribution in [3.8, 4) is 0 Å². The summed E-state index contributed by atoms with van der Waals surface area (Å²) >= 11 is 0. The molecule has 2 N–H and O–H groups in total. The van der Waals surface area contributed by atoms with Crippen molar-refractivity contribution in [3.63, 3.8) is 0 Å². The molecule has 2 aliphatic rings. The minimum atomic E-state index is 0.0525. The van der Waals surface area contributed by atoms with Crippen molar-refractivity contribution >= 4 is 6.03 Å². The molecule has 1 aromatic carbocycles. The zero-order valence-corrected chi connectivity index (χ0v) is 16.8. The fourth-order valence-electron chi connectivity index (χ4n) is 4.47. The number of amides is 2. The molecule has 0 saturated carbocycles. The molecule has 2 aliphatic heterocycles. The van der Waals surface area contributed by atoms with Gasteiger partial charge in [-0.15, -0.1) is 0 Å². The number of nitrogens with one attached hydrogen (secondary N) is 2. The molecule has 150 valence electrons. The van der Waals surface area contributed by atoms with E-state index < -0.39 is 0 Å². The molecule has 0 radical (unpaired) electrons. The number of nitrogens with zero attached hydrogens (tertiary/aromatic N) is 3. The highest BCUT2D eigenvalue weighted by molar-refractivity contribution is 5.74. The molecule has 6 nitrogen and oxygen atoms in total. The highest BCUT2D eigenvalue weighted by atomic mass is 16.2. The normalized spacial score (nSPS) is 20.0. The lowest BCUT2D eigenvalue weighted by molar-refractivity contribution is 0.131. The van der Waals surface area contributed by atoms with Crippen LogP contribution in [0.15, 0.2) is 30.3 Å². The quantitative estimate of drug-likeness (QED) is 0.836. The van der Waals surface area contributed by atoms with Gasteiger partial charge in [0.15, 0.2) is 0 Å². The first kappa shape index (κ1) is 19.0. The smallest absolute Gasteiger partial charge is 0.317 e. The predicted molar refractivity (Wildman–Crippen MR) is 110 cm³/mol. The van der Waals surface area contributed by atoms with Crippen LogP contribution in [0.4, 0.5) is 4.79 Å². The Bertz CT molecular complexity index is 787. The van der Waals surface area contributed by atoms with Gasteiger partial charge in [0.05, 0.1) is 12.2 Å². The number of rotatable bonds is 5. The van der Waals surface area contributed by atoms with Gasteiger partial charge in [0, 0.05) is 43.4 Å². The third kappa shape index (κ3) is 4.38. The van der Waals surface area contributed by atoms with Crippen LogP contribution < -0.4 is 5.32 Å². The highest BCUT2D eigenvalue weighted by Crippen LogP contribution is 2.22. The predicted octanol–water partition coefficient (Wildman–Crippen LogP) is 3.23. The molecule has 1 saturated heterocycles. The summed E-state index contributed by atoms with van der Waals surface area (Å²) in [4.78, 5) is 17.1. The number of aromatic nitrogens is 2. The lowest BCUT2D eigenvalue weighted by atomic mass is 9.98. The van der Waals surface area contributed by atoms with Crippen molar-refractivity contribution < 1.29 is 4.79 Å². The molecule has 2 aromatic rings. The molecule has 0 spiro atoms. The Kier molecular flexibility index (Phi) is 5.95. The van der Waals surface area contributed by atoms with E-state index in [-0.39, 0.29) is 6.03 Å².